The lowest BCUT2D eigenvalue weighted by molar-refractivity contribution is -0.0263. The van der Waals surface area contributed by atoms with Gasteiger partial charge in [0.25, 0.3) is 0 Å². The fraction of sp³-hybridized carbons (Fsp3) is 0.658. The Morgan fingerprint density at radius 1 is 0.500 bits per heavy atom. The van der Waals surface area contributed by atoms with Crippen LogP contribution >= 0.6 is 0 Å². The van der Waals surface area contributed by atoms with Crippen LogP contribution in [0.1, 0.15) is 17.0 Å². The highest BCUT2D eigenvalue weighted by Gasteiger charge is 2.28. The number of alkyl carbamates (subject to hydrolysis) is 1. The summed E-state index contributed by atoms with van der Waals surface area (Å²) in [6, 6.07) is 16.5. The molecular weight excluding hydrogens is 704 g/mol. The molecule has 2 aromatic carbocycles. The van der Waals surface area contributed by atoms with Crippen molar-refractivity contribution in [2.24, 2.45) is 10.3 Å². The van der Waals surface area contributed by atoms with E-state index in [1.807, 2.05) is 24.3 Å². The summed E-state index contributed by atoms with van der Waals surface area (Å²) in [4.78, 5) is 12.2. The Labute approximate surface area is 319 Å². The number of carbonyl (C=O) groups is 1. The third kappa shape index (κ3) is 21.0. The molecule has 0 saturated carbocycles. The molecule has 16 heteroatoms. The summed E-state index contributed by atoms with van der Waals surface area (Å²) in [6.07, 6.45) is -0.453. The average molecular weight is 765 g/mol. The van der Waals surface area contributed by atoms with Crippen molar-refractivity contribution >= 4 is 6.09 Å². The fourth-order valence-corrected chi connectivity index (χ4v) is 5.19. The minimum absolute atomic E-state index is 0.0361. The van der Waals surface area contributed by atoms with E-state index in [0.29, 0.717) is 145 Å². The molecule has 0 saturated heterocycles. The molecule has 0 fully saturated rings. The van der Waals surface area contributed by atoms with Crippen molar-refractivity contribution in [3.8, 4) is 11.1 Å². The van der Waals surface area contributed by atoms with Crippen LogP contribution in [0.25, 0.3) is 11.1 Å². The lowest BCUT2D eigenvalue weighted by atomic mass is 9.98. The number of rotatable bonds is 36. The molecule has 304 valence electrons. The van der Waals surface area contributed by atoms with Crippen molar-refractivity contribution in [3.63, 3.8) is 0 Å². The van der Waals surface area contributed by atoms with Gasteiger partial charge in [-0.25, -0.2) is 4.79 Å². The monoisotopic (exact) mass is 764 g/mol. The van der Waals surface area contributed by atoms with Gasteiger partial charge in [0.05, 0.1) is 146 Å². The number of benzene rings is 2. The molecule has 1 amide bonds. The third-order valence-electron chi connectivity index (χ3n) is 7.74. The third-order valence-corrected chi connectivity index (χ3v) is 7.74. The Bertz CT molecular complexity index is 1200. The summed E-state index contributed by atoms with van der Waals surface area (Å²) in [7, 11) is 1.60. The highest BCUT2D eigenvalue weighted by atomic mass is 16.6. The summed E-state index contributed by atoms with van der Waals surface area (Å²) in [5.74, 6) is 0.0361. The van der Waals surface area contributed by atoms with Gasteiger partial charge in [0.15, 0.2) is 0 Å². The molecule has 3 rings (SSSR count). The first-order valence-electron chi connectivity index (χ1n) is 18.7. The first-order chi connectivity index (χ1) is 26.8. The molecule has 0 unspecified atom stereocenters. The van der Waals surface area contributed by atoms with E-state index in [1.165, 1.54) is 22.3 Å². The number of hydrogen-bond acceptors (Lipinski definition) is 14. The Morgan fingerprint density at radius 2 is 0.833 bits per heavy atom. The number of carbonyl (C=O) groups excluding carboxylic acids is 1. The smallest absolute Gasteiger partial charge is 0.407 e. The molecule has 0 heterocycles. The summed E-state index contributed by atoms with van der Waals surface area (Å²) in [5.41, 5.74) is 7.52. The minimum Gasteiger partial charge on any atom is -0.449 e. The number of nitrogens with one attached hydrogen (secondary N) is 2. The number of fused-ring (bicyclic) bond motifs is 3. The van der Waals surface area contributed by atoms with Crippen LogP contribution in [0.2, 0.25) is 0 Å². The van der Waals surface area contributed by atoms with E-state index < -0.39 is 6.09 Å². The van der Waals surface area contributed by atoms with Crippen LogP contribution in [0.5, 0.6) is 0 Å². The van der Waals surface area contributed by atoms with E-state index in [-0.39, 0.29) is 12.5 Å². The molecule has 54 heavy (non-hydrogen) atoms. The SMILES string of the molecule is CN=NNCCOCCOCCOCCOCCOCCOCCOCCOCCOCCOCCNC(=O)OCC1c2ccccc2-c2ccccc21. The van der Waals surface area contributed by atoms with E-state index >= 15 is 0 Å². The van der Waals surface area contributed by atoms with Crippen molar-refractivity contribution < 1.29 is 56.9 Å². The van der Waals surface area contributed by atoms with Crippen molar-refractivity contribution in [1.29, 1.82) is 0 Å². The Hall–Kier alpha value is -3.29. The standard InChI is InChI=1S/C38H60N4O12/c1-39-42-41-11-13-45-15-17-47-19-21-49-23-25-51-27-29-53-31-30-52-28-26-50-24-22-48-20-18-46-16-14-44-12-10-40-38(43)54-32-37-35-8-4-2-6-33(35)34-7-3-5-9-36(34)37/h2-9,37H,10-32H2,1H3,(H,39,41)(H,40,43). The molecule has 0 radical (unpaired) electrons. The Kier molecular flexibility index (Phi) is 26.7. The molecule has 0 atom stereocenters. The molecule has 0 aromatic heterocycles. The maximum Gasteiger partial charge on any atom is 0.407 e. The van der Waals surface area contributed by atoms with Crippen molar-refractivity contribution in [2.45, 2.75) is 5.92 Å². The largest absolute Gasteiger partial charge is 0.449 e. The summed E-state index contributed by atoms with van der Waals surface area (Å²) in [6.45, 7) is 11.0. The van der Waals surface area contributed by atoms with Crippen molar-refractivity contribution in [1.82, 2.24) is 10.7 Å². The molecule has 0 bridgehead atoms. The molecule has 0 aliphatic heterocycles. The van der Waals surface area contributed by atoms with Gasteiger partial charge in [-0.3, -0.25) is 5.43 Å². The number of hydrogen-bond donors (Lipinski definition) is 2. The number of nitrogens with zero attached hydrogens (tertiary/aromatic N) is 2. The van der Waals surface area contributed by atoms with Gasteiger partial charge >= 0.3 is 6.09 Å². The zero-order chi connectivity index (χ0) is 38.0. The molecule has 2 aromatic rings. The highest BCUT2D eigenvalue weighted by molar-refractivity contribution is 5.79. The Balaban J connectivity index is 0.948. The highest BCUT2D eigenvalue weighted by Crippen LogP contribution is 2.44. The van der Waals surface area contributed by atoms with Crippen molar-refractivity contribution in [2.75, 3.05) is 159 Å². The van der Waals surface area contributed by atoms with Crippen LogP contribution < -0.4 is 10.7 Å². The van der Waals surface area contributed by atoms with Crippen LogP contribution in [0, 0.1) is 0 Å². The van der Waals surface area contributed by atoms with Crippen LogP contribution in [-0.4, -0.2) is 165 Å². The molecular formula is C38H60N4O12. The molecule has 0 spiro atoms. The number of ether oxygens (including phenoxy) is 11. The Morgan fingerprint density at radius 3 is 1.20 bits per heavy atom. The maximum absolute atomic E-state index is 12.2. The van der Waals surface area contributed by atoms with Gasteiger partial charge in [-0.2, -0.15) is 5.11 Å². The van der Waals surface area contributed by atoms with Gasteiger partial charge in [0, 0.05) is 12.5 Å². The van der Waals surface area contributed by atoms with Gasteiger partial charge in [-0.05, 0) is 22.3 Å². The van der Waals surface area contributed by atoms with Gasteiger partial charge in [0.2, 0.25) is 0 Å². The fourth-order valence-electron chi connectivity index (χ4n) is 5.19. The first kappa shape index (κ1) is 45.1. The van der Waals surface area contributed by atoms with Gasteiger partial charge in [-0.15, -0.1) is 0 Å². The quantitative estimate of drug-likeness (QED) is 0.0590. The molecule has 1 aliphatic rings. The predicted octanol–water partition coefficient (Wildman–Crippen LogP) is 3.28. The number of amides is 1. The summed E-state index contributed by atoms with van der Waals surface area (Å²) in [5, 5.41) is 9.95. The summed E-state index contributed by atoms with van der Waals surface area (Å²) < 4.78 is 60.3. The van der Waals surface area contributed by atoms with E-state index in [9.17, 15) is 4.79 Å². The van der Waals surface area contributed by atoms with E-state index in [0.717, 1.165) is 0 Å². The van der Waals surface area contributed by atoms with E-state index in [4.69, 9.17) is 52.1 Å². The van der Waals surface area contributed by atoms with Gasteiger partial charge in [0.1, 0.15) is 6.61 Å². The normalized spacial score (nSPS) is 12.3. The summed E-state index contributed by atoms with van der Waals surface area (Å²) >= 11 is 0. The lowest BCUT2D eigenvalue weighted by Gasteiger charge is -2.14. The van der Waals surface area contributed by atoms with Gasteiger partial charge < -0.3 is 57.4 Å². The maximum atomic E-state index is 12.2. The molecule has 2 N–H and O–H groups in total. The topological polar surface area (TPSA) is 167 Å². The van der Waals surface area contributed by atoms with Crippen molar-refractivity contribution in [3.05, 3.63) is 59.7 Å². The first-order valence-corrected chi connectivity index (χ1v) is 18.7. The zero-order valence-electron chi connectivity index (χ0n) is 31.8. The van der Waals surface area contributed by atoms with Gasteiger partial charge in [-0.1, -0.05) is 53.8 Å². The molecule has 16 nitrogen and oxygen atoms in total. The average Bonchev–Trinajstić information content (AvgIpc) is 3.52. The zero-order valence-corrected chi connectivity index (χ0v) is 31.8. The molecule has 1 aliphatic carbocycles. The predicted molar refractivity (Wildman–Crippen MR) is 200 cm³/mol. The van der Waals surface area contributed by atoms with E-state index in [1.54, 1.807) is 7.05 Å². The second kappa shape index (κ2) is 32.0. The second-order valence-electron chi connectivity index (χ2n) is 11.6. The van der Waals surface area contributed by atoms with E-state index in [2.05, 4.69) is 45.3 Å². The minimum atomic E-state index is -0.453. The van der Waals surface area contributed by atoms with Crippen LogP contribution in [0.15, 0.2) is 58.9 Å². The lowest BCUT2D eigenvalue weighted by Crippen LogP contribution is -2.29. The van der Waals surface area contributed by atoms with Crippen LogP contribution in [0.4, 0.5) is 4.79 Å². The van der Waals surface area contributed by atoms with Crippen LogP contribution in [0.3, 0.4) is 0 Å². The van der Waals surface area contributed by atoms with Crippen LogP contribution in [-0.2, 0) is 52.1 Å². The second-order valence-corrected chi connectivity index (χ2v) is 11.6.